The van der Waals surface area contributed by atoms with Gasteiger partial charge in [-0.15, -0.1) is 11.3 Å². The van der Waals surface area contributed by atoms with Crippen molar-refractivity contribution in [3.05, 3.63) is 44.8 Å². The second-order valence-corrected chi connectivity index (χ2v) is 10.7. The van der Waals surface area contributed by atoms with Gasteiger partial charge >= 0.3 is 5.97 Å². The van der Waals surface area contributed by atoms with E-state index in [1.165, 1.54) is 0 Å². The number of esters is 1. The molecule has 2 heterocycles. The number of aryl methyl sites for hydroxylation is 1. The number of rotatable bonds is 6. The largest absolute Gasteiger partial charge is 0.479 e. The predicted octanol–water partition coefficient (Wildman–Crippen LogP) is 3.76. The highest BCUT2D eigenvalue weighted by Crippen LogP contribution is 2.38. The molecule has 0 saturated carbocycles. The molecule has 30 heavy (non-hydrogen) atoms. The van der Waals surface area contributed by atoms with E-state index < -0.39 is 27.8 Å². The molecule has 7 nitrogen and oxygen atoms in total. The van der Waals surface area contributed by atoms with Crippen molar-refractivity contribution in [1.82, 2.24) is 0 Å². The Hall–Kier alpha value is -2.10. The number of carbonyl (C=O) groups is 2. The summed E-state index contributed by atoms with van der Waals surface area (Å²) in [6.07, 6.45) is -0.689. The van der Waals surface area contributed by atoms with Crippen molar-refractivity contribution >= 4 is 49.7 Å². The smallest absolute Gasteiger partial charge is 0.341 e. The van der Waals surface area contributed by atoms with E-state index in [2.05, 4.69) is 5.32 Å². The minimum absolute atomic E-state index is 0.0398. The number of benzene rings is 1. The van der Waals surface area contributed by atoms with Gasteiger partial charge in [0.05, 0.1) is 28.7 Å². The Labute approximate surface area is 184 Å². The number of thiophene rings is 1. The van der Waals surface area contributed by atoms with Gasteiger partial charge in [-0.1, -0.05) is 17.7 Å². The van der Waals surface area contributed by atoms with Gasteiger partial charge in [-0.3, -0.25) is 4.79 Å². The minimum atomic E-state index is -3.23. The molecular formula is C20H22ClNO6S2. The summed E-state index contributed by atoms with van der Waals surface area (Å²) in [7, 11) is -3.23. The third kappa shape index (κ3) is 4.96. The first kappa shape index (κ1) is 22.6. The Morgan fingerprint density at radius 2 is 2.07 bits per heavy atom. The van der Waals surface area contributed by atoms with Crippen molar-refractivity contribution in [3.8, 4) is 5.75 Å². The van der Waals surface area contributed by atoms with Gasteiger partial charge in [0.15, 0.2) is 15.9 Å². The van der Waals surface area contributed by atoms with Crippen molar-refractivity contribution in [2.75, 3.05) is 17.7 Å². The van der Waals surface area contributed by atoms with Crippen LogP contribution in [0.3, 0.4) is 0 Å². The van der Waals surface area contributed by atoms with E-state index >= 15 is 0 Å². The number of anilines is 1. The zero-order chi connectivity index (χ0) is 22.1. The highest BCUT2D eigenvalue weighted by atomic mass is 35.5. The number of fused-ring (bicyclic) bond motifs is 1. The molecule has 1 aromatic heterocycles. The molecule has 0 radical (unpaired) electrons. The van der Waals surface area contributed by atoms with E-state index in [4.69, 9.17) is 21.1 Å². The molecule has 1 aliphatic rings. The summed E-state index contributed by atoms with van der Waals surface area (Å²) in [5.41, 5.74) is 1.78. The highest BCUT2D eigenvalue weighted by Gasteiger charge is 2.32. The van der Waals surface area contributed by atoms with Crippen LogP contribution in [0.25, 0.3) is 0 Å². The fraction of sp³-hybridized carbons (Fsp3) is 0.400. The molecule has 2 aromatic rings. The van der Waals surface area contributed by atoms with Crippen LogP contribution in [0.4, 0.5) is 5.00 Å². The van der Waals surface area contributed by atoms with Crippen molar-refractivity contribution in [2.24, 2.45) is 0 Å². The summed E-state index contributed by atoms with van der Waals surface area (Å²) < 4.78 is 34.8. The van der Waals surface area contributed by atoms with E-state index in [0.717, 1.165) is 16.9 Å². The topological polar surface area (TPSA) is 98.8 Å². The minimum Gasteiger partial charge on any atom is -0.479 e. The van der Waals surface area contributed by atoms with Crippen molar-refractivity contribution < 1.29 is 27.5 Å². The summed E-state index contributed by atoms with van der Waals surface area (Å²) in [5, 5.41) is 3.35. The van der Waals surface area contributed by atoms with Gasteiger partial charge in [0, 0.05) is 4.88 Å². The maximum Gasteiger partial charge on any atom is 0.341 e. The van der Waals surface area contributed by atoms with Crippen LogP contribution in [0.15, 0.2) is 18.2 Å². The Kier molecular flexibility index (Phi) is 6.74. The standard InChI is InChI=1S/C20H22ClNO6S2/c1-4-27-20(24)17-13-7-8-30(25,26)10-16(13)29-19(17)22-18(23)12(3)28-15-9-11(2)5-6-14(15)21/h5-6,9,12H,4,7-8,10H2,1-3H3,(H,22,23). The molecule has 1 unspecified atom stereocenters. The number of amides is 1. The Morgan fingerprint density at radius 1 is 1.33 bits per heavy atom. The first-order valence-corrected chi connectivity index (χ1v) is 12.4. The molecule has 10 heteroatoms. The van der Waals surface area contributed by atoms with Gasteiger partial charge in [-0.25, -0.2) is 13.2 Å². The number of ether oxygens (including phenoxy) is 2. The van der Waals surface area contributed by atoms with Crippen molar-refractivity contribution in [3.63, 3.8) is 0 Å². The van der Waals surface area contributed by atoms with Crippen LogP contribution in [0.2, 0.25) is 5.02 Å². The number of hydrogen-bond donors (Lipinski definition) is 1. The quantitative estimate of drug-likeness (QED) is 0.644. The Morgan fingerprint density at radius 3 is 2.77 bits per heavy atom. The van der Waals surface area contributed by atoms with Gasteiger partial charge < -0.3 is 14.8 Å². The van der Waals surface area contributed by atoms with Gasteiger partial charge in [-0.05, 0) is 50.5 Å². The third-order valence-electron chi connectivity index (χ3n) is 4.58. The first-order chi connectivity index (χ1) is 14.1. The highest BCUT2D eigenvalue weighted by molar-refractivity contribution is 7.90. The van der Waals surface area contributed by atoms with E-state index in [0.29, 0.717) is 21.2 Å². The zero-order valence-electron chi connectivity index (χ0n) is 16.8. The van der Waals surface area contributed by atoms with Gasteiger partial charge in [0.1, 0.15) is 10.8 Å². The van der Waals surface area contributed by atoms with Crippen LogP contribution in [-0.2, 0) is 31.5 Å². The normalized spacial score (nSPS) is 15.7. The molecule has 1 N–H and O–H groups in total. The number of sulfone groups is 1. The molecule has 0 bridgehead atoms. The molecular weight excluding hydrogens is 450 g/mol. The van der Waals surface area contributed by atoms with Gasteiger partial charge in [0.2, 0.25) is 0 Å². The summed E-state index contributed by atoms with van der Waals surface area (Å²) >= 11 is 7.21. The van der Waals surface area contributed by atoms with Crippen LogP contribution >= 0.6 is 22.9 Å². The van der Waals surface area contributed by atoms with Crippen LogP contribution in [0, 0.1) is 6.92 Å². The van der Waals surface area contributed by atoms with E-state index in [1.807, 2.05) is 13.0 Å². The summed E-state index contributed by atoms with van der Waals surface area (Å²) in [5.74, 6) is -0.886. The SMILES string of the molecule is CCOC(=O)c1c(NC(=O)C(C)Oc2cc(C)ccc2Cl)sc2c1CCS(=O)(=O)C2. The van der Waals surface area contributed by atoms with Crippen molar-refractivity contribution in [2.45, 2.75) is 39.0 Å². The fourth-order valence-corrected chi connectivity index (χ4v) is 6.29. The maximum atomic E-state index is 12.7. The van der Waals surface area contributed by atoms with Crippen LogP contribution in [0.5, 0.6) is 5.75 Å². The molecule has 162 valence electrons. The lowest BCUT2D eigenvalue weighted by Gasteiger charge is -2.16. The maximum absolute atomic E-state index is 12.7. The average Bonchev–Trinajstić information content (AvgIpc) is 3.00. The first-order valence-electron chi connectivity index (χ1n) is 9.37. The van der Waals surface area contributed by atoms with Crippen LogP contribution < -0.4 is 10.1 Å². The van der Waals surface area contributed by atoms with E-state index in [9.17, 15) is 18.0 Å². The van der Waals surface area contributed by atoms with E-state index in [1.54, 1.807) is 26.0 Å². The van der Waals surface area contributed by atoms with E-state index in [-0.39, 0.29) is 35.1 Å². The van der Waals surface area contributed by atoms with Gasteiger partial charge in [-0.2, -0.15) is 0 Å². The Balaban J connectivity index is 1.86. The summed E-state index contributed by atoms with van der Waals surface area (Å²) in [6.45, 7) is 5.29. The fourth-order valence-electron chi connectivity index (χ4n) is 3.09. The number of nitrogens with one attached hydrogen (secondary N) is 1. The lowest BCUT2D eigenvalue weighted by atomic mass is 10.1. The molecule has 1 aliphatic heterocycles. The molecule has 1 atom stereocenters. The summed E-state index contributed by atoms with van der Waals surface area (Å²) in [4.78, 5) is 25.8. The van der Waals surface area contributed by atoms with Crippen molar-refractivity contribution in [1.29, 1.82) is 0 Å². The predicted molar refractivity (Wildman–Crippen MR) is 116 cm³/mol. The second-order valence-electron chi connectivity index (χ2n) is 6.95. The Bertz CT molecular complexity index is 1090. The third-order valence-corrected chi connectivity index (χ3v) is 7.78. The van der Waals surface area contributed by atoms with Gasteiger partial charge in [0.25, 0.3) is 5.91 Å². The molecule has 3 rings (SSSR count). The molecule has 0 spiro atoms. The lowest BCUT2D eigenvalue weighted by molar-refractivity contribution is -0.122. The zero-order valence-corrected chi connectivity index (χ0v) is 19.2. The molecule has 1 amide bonds. The second kappa shape index (κ2) is 8.95. The monoisotopic (exact) mass is 471 g/mol. The molecule has 0 aliphatic carbocycles. The van der Waals surface area contributed by atoms with Crippen LogP contribution in [-0.4, -0.2) is 38.8 Å². The molecule has 0 fully saturated rings. The number of carbonyl (C=O) groups excluding carboxylic acids is 2. The number of halogens is 1. The lowest BCUT2D eigenvalue weighted by Crippen LogP contribution is -2.30. The summed E-state index contributed by atoms with van der Waals surface area (Å²) in [6, 6.07) is 5.24. The molecule has 0 saturated heterocycles. The number of hydrogen-bond acceptors (Lipinski definition) is 7. The van der Waals surface area contributed by atoms with Crippen LogP contribution in [0.1, 0.15) is 40.2 Å². The molecule has 1 aromatic carbocycles. The average molecular weight is 472 g/mol.